The van der Waals surface area contributed by atoms with E-state index < -0.39 is 30.4 Å². The van der Waals surface area contributed by atoms with Crippen LogP contribution in [0.2, 0.25) is 0 Å². The van der Waals surface area contributed by atoms with Crippen molar-refractivity contribution in [1.82, 2.24) is 10.3 Å². The number of amides is 1. The Balaban J connectivity index is 1.88. The summed E-state index contributed by atoms with van der Waals surface area (Å²) in [7, 11) is 0. The summed E-state index contributed by atoms with van der Waals surface area (Å²) in [5.41, 5.74) is -0.0790. The molecule has 0 atom stereocenters. The maximum atomic E-state index is 12.6. The van der Waals surface area contributed by atoms with E-state index in [1.807, 2.05) is 0 Å². The number of nitrogens with zero attached hydrogens (tertiary/aromatic N) is 1. The molecule has 1 amide bonds. The van der Waals surface area contributed by atoms with E-state index in [9.17, 15) is 22.8 Å². The maximum Gasteiger partial charge on any atom is 0.433 e. The summed E-state index contributed by atoms with van der Waals surface area (Å²) in [5, 5.41) is 11.2. The smallest absolute Gasteiger partial charge is 0.433 e. The number of aryl methyl sites for hydroxylation is 1. The zero-order valence-electron chi connectivity index (χ0n) is 14.3. The third kappa shape index (κ3) is 5.98. The first-order valence-electron chi connectivity index (χ1n) is 7.93. The number of nitrogens with one attached hydrogen (secondary N) is 1. The average molecular weight is 382 g/mol. The van der Waals surface area contributed by atoms with Crippen LogP contribution in [0, 0.1) is 6.92 Å². The first-order chi connectivity index (χ1) is 12.7. The molecule has 0 radical (unpaired) electrons. The van der Waals surface area contributed by atoms with Gasteiger partial charge in [0.25, 0.3) is 5.91 Å². The monoisotopic (exact) mass is 382 g/mol. The normalized spacial score (nSPS) is 11.1. The summed E-state index contributed by atoms with van der Waals surface area (Å²) in [6.07, 6.45) is -4.07. The lowest BCUT2D eigenvalue weighted by Gasteiger charge is -2.11. The highest BCUT2D eigenvalue weighted by Gasteiger charge is 2.33. The third-order valence-electron chi connectivity index (χ3n) is 3.61. The van der Waals surface area contributed by atoms with E-state index in [0.717, 1.165) is 17.7 Å². The number of carbonyl (C=O) groups is 2. The lowest BCUT2D eigenvalue weighted by atomic mass is 10.1. The van der Waals surface area contributed by atoms with Crippen LogP contribution in [0.1, 0.15) is 27.3 Å². The number of carboxylic acids is 1. The van der Waals surface area contributed by atoms with Crippen LogP contribution in [-0.2, 0) is 17.4 Å². The molecular formula is C18H17F3N2O4. The van der Waals surface area contributed by atoms with Crippen molar-refractivity contribution in [3.63, 3.8) is 0 Å². The van der Waals surface area contributed by atoms with Crippen LogP contribution in [-0.4, -0.2) is 35.1 Å². The number of pyridine rings is 1. The number of benzene rings is 1. The number of rotatable bonds is 7. The number of hydrogen-bond acceptors (Lipinski definition) is 4. The second kappa shape index (κ2) is 8.52. The Morgan fingerprint density at radius 2 is 1.81 bits per heavy atom. The molecule has 0 fully saturated rings. The highest BCUT2D eigenvalue weighted by atomic mass is 19.4. The molecule has 1 aromatic heterocycles. The minimum Gasteiger partial charge on any atom is -0.482 e. The van der Waals surface area contributed by atoms with Gasteiger partial charge in [-0.15, -0.1) is 0 Å². The van der Waals surface area contributed by atoms with Crippen molar-refractivity contribution in [2.24, 2.45) is 0 Å². The van der Waals surface area contributed by atoms with Gasteiger partial charge in [-0.25, -0.2) is 9.78 Å². The number of ether oxygens (including phenoxy) is 1. The summed E-state index contributed by atoms with van der Waals surface area (Å²) < 4.78 is 42.8. The summed E-state index contributed by atoms with van der Waals surface area (Å²) in [5.74, 6) is -1.17. The van der Waals surface area contributed by atoms with Crippen LogP contribution in [0.4, 0.5) is 13.2 Å². The molecule has 0 saturated heterocycles. The first-order valence-corrected chi connectivity index (χ1v) is 7.93. The quantitative estimate of drug-likeness (QED) is 0.769. The number of aliphatic carboxylic acids is 1. The summed E-state index contributed by atoms with van der Waals surface area (Å²) in [4.78, 5) is 26.0. The van der Waals surface area contributed by atoms with Crippen molar-refractivity contribution >= 4 is 11.9 Å². The zero-order valence-corrected chi connectivity index (χ0v) is 14.3. The van der Waals surface area contributed by atoms with Gasteiger partial charge in [0.1, 0.15) is 11.4 Å². The molecule has 2 aromatic rings. The van der Waals surface area contributed by atoms with Gasteiger partial charge in [0.15, 0.2) is 6.61 Å². The highest BCUT2D eigenvalue weighted by molar-refractivity contribution is 5.95. The molecule has 0 aliphatic rings. The van der Waals surface area contributed by atoms with Crippen molar-refractivity contribution in [3.8, 4) is 5.75 Å². The fourth-order valence-corrected chi connectivity index (χ4v) is 2.27. The molecule has 0 bridgehead atoms. The molecule has 9 heteroatoms. The standard InChI is InChI=1S/C18H17F3N2O4/c1-11-14(6-7-15(23-11)18(19,20)21)17(26)22-9-8-12-2-4-13(5-3-12)27-10-16(24)25/h2-7H,8-10H2,1H3,(H,22,26)(H,24,25). The van der Waals surface area contributed by atoms with Crippen molar-refractivity contribution in [2.45, 2.75) is 19.5 Å². The summed E-state index contributed by atoms with van der Waals surface area (Å²) >= 11 is 0. The Morgan fingerprint density at radius 1 is 1.15 bits per heavy atom. The topological polar surface area (TPSA) is 88.5 Å². The maximum absolute atomic E-state index is 12.6. The van der Waals surface area contributed by atoms with Crippen molar-refractivity contribution < 1.29 is 32.6 Å². The van der Waals surface area contributed by atoms with Gasteiger partial charge in [0.2, 0.25) is 0 Å². The molecular weight excluding hydrogens is 365 g/mol. The molecule has 0 aliphatic heterocycles. The van der Waals surface area contributed by atoms with Crippen LogP contribution in [0.5, 0.6) is 5.75 Å². The predicted molar refractivity (Wildman–Crippen MR) is 89.6 cm³/mol. The second-order valence-electron chi connectivity index (χ2n) is 5.66. The SMILES string of the molecule is Cc1nc(C(F)(F)F)ccc1C(=O)NCCc1ccc(OCC(=O)O)cc1. The molecule has 0 aliphatic carbocycles. The van der Waals surface area contributed by atoms with Gasteiger partial charge < -0.3 is 15.2 Å². The fraction of sp³-hybridized carbons (Fsp3) is 0.278. The van der Waals surface area contributed by atoms with Crippen molar-refractivity contribution in [3.05, 3.63) is 58.9 Å². The predicted octanol–water partition coefficient (Wildman–Crippen LogP) is 2.84. The third-order valence-corrected chi connectivity index (χ3v) is 3.61. The molecule has 1 aromatic carbocycles. The Labute approximate surface area is 153 Å². The minimum atomic E-state index is -4.56. The Bertz CT molecular complexity index is 820. The second-order valence-corrected chi connectivity index (χ2v) is 5.66. The molecule has 144 valence electrons. The van der Waals surface area contributed by atoms with E-state index >= 15 is 0 Å². The highest BCUT2D eigenvalue weighted by Crippen LogP contribution is 2.28. The largest absolute Gasteiger partial charge is 0.482 e. The number of carboxylic acid groups (broad SMARTS) is 1. The van der Waals surface area contributed by atoms with E-state index in [4.69, 9.17) is 9.84 Å². The van der Waals surface area contributed by atoms with E-state index in [-0.39, 0.29) is 17.8 Å². The molecule has 0 saturated carbocycles. The van der Waals surface area contributed by atoms with E-state index in [0.29, 0.717) is 12.2 Å². The van der Waals surface area contributed by atoms with Gasteiger partial charge in [-0.1, -0.05) is 12.1 Å². The van der Waals surface area contributed by atoms with Crippen LogP contribution in [0.15, 0.2) is 36.4 Å². The average Bonchev–Trinajstić information content (AvgIpc) is 2.60. The van der Waals surface area contributed by atoms with Crippen LogP contribution in [0.25, 0.3) is 0 Å². The van der Waals surface area contributed by atoms with Gasteiger partial charge in [-0.3, -0.25) is 4.79 Å². The van der Waals surface area contributed by atoms with Crippen molar-refractivity contribution in [1.29, 1.82) is 0 Å². The van der Waals surface area contributed by atoms with Gasteiger partial charge in [-0.2, -0.15) is 13.2 Å². The van der Waals surface area contributed by atoms with E-state index in [1.165, 1.54) is 6.92 Å². The number of hydrogen-bond donors (Lipinski definition) is 2. The number of halogens is 3. The Kier molecular flexibility index (Phi) is 6.38. The van der Waals surface area contributed by atoms with E-state index in [1.54, 1.807) is 24.3 Å². The molecule has 1 heterocycles. The fourth-order valence-electron chi connectivity index (χ4n) is 2.27. The van der Waals surface area contributed by atoms with Crippen LogP contribution in [0.3, 0.4) is 0 Å². The summed E-state index contributed by atoms with van der Waals surface area (Å²) in [6.45, 7) is 1.19. The number of aromatic nitrogens is 1. The Hall–Kier alpha value is -3.10. The molecule has 2 N–H and O–H groups in total. The Morgan fingerprint density at radius 3 is 2.37 bits per heavy atom. The molecule has 6 nitrogen and oxygen atoms in total. The van der Waals surface area contributed by atoms with Crippen molar-refractivity contribution in [2.75, 3.05) is 13.2 Å². The van der Waals surface area contributed by atoms with E-state index in [2.05, 4.69) is 10.3 Å². The molecule has 0 unspecified atom stereocenters. The molecule has 27 heavy (non-hydrogen) atoms. The van der Waals surface area contributed by atoms with Gasteiger partial charge in [0.05, 0.1) is 11.3 Å². The number of alkyl halides is 3. The molecule has 2 rings (SSSR count). The summed E-state index contributed by atoms with van der Waals surface area (Å²) in [6, 6.07) is 8.57. The van der Waals surface area contributed by atoms with Gasteiger partial charge >= 0.3 is 12.1 Å². The van der Waals surface area contributed by atoms with Gasteiger partial charge in [-0.05, 0) is 43.2 Å². The minimum absolute atomic E-state index is 0.00209. The van der Waals surface area contributed by atoms with Crippen LogP contribution >= 0.6 is 0 Å². The first kappa shape index (κ1) is 20.2. The van der Waals surface area contributed by atoms with Crippen LogP contribution < -0.4 is 10.1 Å². The van der Waals surface area contributed by atoms with Gasteiger partial charge in [0, 0.05) is 6.54 Å². The lowest BCUT2D eigenvalue weighted by molar-refractivity contribution is -0.141. The number of carbonyl (C=O) groups excluding carboxylic acids is 1. The molecule has 0 spiro atoms. The zero-order chi connectivity index (χ0) is 20.0. The lowest BCUT2D eigenvalue weighted by Crippen LogP contribution is -2.27.